The van der Waals surface area contributed by atoms with Crippen LogP contribution >= 0.6 is 11.6 Å². The summed E-state index contributed by atoms with van der Waals surface area (Å²) in [6, 6.07) is 14.5. The molecular weight excluding hydrogens is 314 g/mol. The molecular formula is C17H18ClN3O2. The molecule has 6 heteroatoms. The lowest BCUT2D eigenvalue weighted by atomic mass is 10.1. The van der Waals surface area contributed by atoms with Crippen LogP contribution < -0.4 is 16.0 Å². The van der Waals surface area contributed by atoms with Crippen LogP contribution in [0.3, 0.4) is 0 Å². The average Bonchev–Trinajstić information content (AvgIpc) is 2.51. The van der Waals surface area contributed by atoms with Crippen molar-refractivity contribution >= 4 is 34.9 Å². The predicted molar refractivity (Wildman–Crippen MR) is 92.9 cm³/mol. The van der Waals surface area contributed by atoms with E-state index in [1.165, 1.54) is 6.92 Å². The second kappa shape index (κ2) is 8.19. The van der Waals surface area contributed by atoms with Gasteiger partial charge in [-0.15, -0.1) is 0 Å². The smallest absolute Gasteiger partial charge is 0.319 e. The van der Waals surface area contributed by atoms with E-state index in [0.717, 1.165) is 12.0 Å². The summed E-state index contributed by atoms with van der Waals surface area (Å²) in [5.74, 6) is -0.203. The second-order valence-electron chi connectivity index (χ2n) is 4.99. The molecule has 120 valence electrons. The van der Waals surface area contributed by atoms with E-state index in [2.05, 4.69) is 16.0 Å². The molecule has 3 N–H and O–H groups in total. The molecule has 2 rings (SSSR count). The molecule has 0 aromatic heterocycles. The maximum absolute atomic E-state index is 11.8. The minimum absolute atomic E-state index is 0.203. The van der Waals surface area contributed by atoms with E-state index in [1.807, 2.05) is 30.3 Å². The van der Waals surface area contributed by atoms with Crippen LogP contribution in [0.5, 0.6) is 0 Å². The fourth-order valence-electron chi connectivity index (χ4n) is 2.02. The Balaban J connectivity index is 1.83. The zero-order valence-corrected chi connectivity index (χ0v) is 13.5. The molecule has 0 aliphatic carbocycles. The van der Waals surface area contributed by atoms with E-state index >= 15 is 0 Å². The summed E-state index contributed by atoms with van der Waals surface area (Å²) in [5.41, 5.74) is 2.23. The Hall–Kier alpha value is -2.53. The molecule has 2 aromatic rings. The van der Waals surface area contributed by atoms with Gasteiger partial charge in [0, 0.05) is 19.2 Å². The van der Waals surface area contributed by atoms with Crippen molar-refractivity contribution in [2.75, 3.05) is 17.2 Å². The number of benzene rings is 2. The molecule has 5 nitrogen and oxygen atoms in total. The monoisotopic (exact) mass is 331 g/mol. The highest BCUT2D eigenvalue weighted by Gasteiger charge is 2.06. The number of hydrogen-bond donors (Lipinski definition) is 3. The van der Waals surface area contributed by atoms with Gasteiger partial charge in [-0.25, -0.2) is 4.79 Å². The maximum atomic E-state index is 11.8. The number of carbonyl (C=O) groups is 2. The maximum Gasteiger partial charge on any atom is 0.319 e. The van der Waals surface area contributed by atoms with Crippen molar-refractivity contribution in [3.05, 3.63) is 59.1 Å². The van der Waals surface area contributed by atoms with Gasteiger partial charge in [0.05, 0.1) is 10.7 Å². The first-order valence-electron chi connectivity index (χ1n) is 7.20. The molecule has 2 aromatic carbocycles. The van der Waals surface area contributed by atoms with Gasteiger partial charge in [0.2, 0.25) is 5.91 Å². The Morgan fingerprint density at radius 1 is 1.04 bits per heavy atom. The summed E-state index contributed by atoms with van der Waals surface area (Å²) in [7, 11) is 0. The Labute approximate surface area is 140 Å². The third-order valence-corrected chi connectivity index (χ3v) is 3.39. The van der Waals surface area contributed by atoms with Crippen LogP contribution in [0.2, 0.25) is 5.02 Å². The van der Waals surface area contributed by atoms with Crippen LogP contribution in [-0.2, 0) is 11.2 Å². The first-order valence-corrected chi connectivity index (χ1v) is 7.58. The van der Waals surface area contributed by atoms with Crippen LogP contribution in [0.1, 0.15) is 12.5 Å². The standard InChI is InChI=1S/C17H18ClN3O2/c1-12(22)20-16-8-7-14(11-15(16)18)21-17(23)19-10-9-13-5-3-2-4-6-13/h2-8,11H,9-10H2,1H3,(H,20,22)(H2,19,21,23). The zero-order chi connectivity index (χ0) is 16.7. The first kappa shape index (κ1) is 16.8. The lowest BCUT2D eigenvalue weighted by molar-refractivity contribution is -0.114. The summed E-state index contributed by atoms with van der Waals surface area (Å²) < 4.78 is 0. The number of amides is 3. The van der Waals surface area contributed by atoms with E-state index in [0.29, 0.717) is 22.9 Å². The Bertz CT molecular complexity index is 689. The third kappa shape index (κ3) is 5.64. The molecule has 0 aliphatic heterocycles. The van der Waals surface area contributed by atoms with Gasteiger partial charge >= 0.3 is 6.03 Å². The molecule has 0 spiro atoms. The third-order valence-electron chi connectivity index (χ3n) is 3.08. The summed E-state index contributed by atoms with van der Waals surface area (Å²) in [5, 5.41) is 8.46. The van der Waals surface area contributed by atoms with Gasteiger partial charge < -0.3 is 16.0 Å². The number of rotatable bonds is 5. The van der Waals surface area contributed by atoms with Crippen LogP contribution in [0, 0.1) is 0 Å². The summed E-state index contributed by atoms with van der Waals surface area (Å²) >= 11 is 6.05. The summed E-state index contributed by atoms with van der Waals surface area (Å²) in [6.07, 6.45) is 0.760. The van der Waals surface area contributed by atoms with E-state index in [4.69, 9.17) is 11.6 Å². The molecule has 0 heterocycles. The molecule has 0 aliphatic rings. The molecule has 0 bridgehead atoms. The largest absolute Gasteiger partial charge is 0.338 e. The zero-order valence-electron chi connectivity index (χ0n) is 12.7. The minimum Gasteiger partial charge on any atom is -0.338 e. The fraction of sp³-hybridized carbons (Fsp3) is 0.176. The molecule has 0 atom stereocenters. The van der Waals surface area contributed by atoms with Crippen LogP contribution in [-0.4, -0.2) is 18.5 Å². The van der Waals surface area contributed by atoms with Crippen molar-refractivity contribution in [3.8, 4) is 0 Å². The van der Waals surface area contributed by atoms with E-state index in [1.54, 1.807) is 18.2 Å². The van der Waals surface area contributed by atoms with Crippen molar-refractivity contribution < 1.29 is 9.59 Å². The highest BCUT2D eigenvalue weighted by molar-refractivity contribution is 6.34. The van der Waals surface area contributed by atoms with Crippen molar-refractivity contribution in [1.82, 2.24) is 5.32 Å². The topological polar surface area (TPSA) is 70.2 Å². The Morgan fingerprint density at radius 2 is 1.78 bits per heavy atom. The fourth-order valence-corrected chi connectivity index (χ4v) is 2.25. The minimum atomic E-state index is -0.302. The van der Waals surface area contributed by atoms with Gasteiger partial charge in [-0.05, 0) is 30.2 Å². The van der Waals surface area contributed by atoms with E-state index in [-0.39, 0.29) is 11.9 Å². The Kier molecular flexibility index (Phi) is 6.00. The summed E-state index contributed by atoms with van der Waals surface area (Å²) in [4.78, 5) is 22.9. The van der Waals surface area contributed by atoms with Gasteiger partial charge in [-0.2, -0.15) is 0 Å². The number of urea groups is 1. The number of nitrogens with one attached hydrogen (secondary N) is 3. The van der Waals surface area contributed by atoms with Gasteiger partial charge in [0.25, 0.3) is 0 Å². The number of hydrogen-bond acceptors (Lipinski definition) is 2. The quantitative estimate of drug-likeness (QED) is 0.782. The van der Waals surface area contributed by atoms with Crippen molar-refractivity contribution in [2.24, 2.45) is 0 Å². The number of halogens is 1. The highest BCUT2D eigenvalue weighted by Crippen LogP contribution is 2.25. The molecule has 0 radical (unpaired) electrons. The van der Waals surface area contributed by atoms with Gasteiger partial charge in [0.15, 0.2) is 0 Å². The molecule has 23 heavy (non-hydrogen) atoms. The molecule has 0 saturated carbocycles. The highest BCUT2D eigenvalue weighted by atomic mass is 35.5. The van der Waals surface area contributed by atoms with Crippen molar-refractivity contribution in [3.63, 3.8) is 0 Å². The number of carbonyl (C=O) groups excluding carboxylic acids is 2. The lowest BCUT2D eigenvalue weighted by Crippen LogP contribution is -2.30. The van der Waals surface area contributed by atoms with Crippen molar-refractivity contribution in [2.45, 2.75) is 13.3 Å². The first-order chi connectivity index (χ1) is 11.0. The van der Waals surface area contributed by atoms with Crippen LogP contribution in [0.25, 0.3) is 0 Å². The van der Waals surface area contributed by atoms with Gasteiger partial charge in [0.1, 0.15) is 0 Å². The van der Waals surface area contributed by atoms with E-state index < -0.39 is 0 Å². The SMILES string of the molecule is CC(=O)Nc1ccc(NC(=O)NCCc2ccccc2)cc1Cl. The normalized spacial score (nSPS) is 10.0. The molecule has 0 unspecified atom stereocenters. The van der Waals surface area contributed by atoms with Gasteiger partial charge in [-0.3, -0.25) is 4.79 Å². The molecule has 3 amide bonds. The predicted octanol–water partition coefficient (Wildman–Crippen LogP) is 3.66. The summed E-state index contributed by atoms with van der Waals surface area (Å²) in [6.45, 7) is 1.94. The van der Waals surface area contributed by atoms with Crippen LogP contribution in [0.15, 0.2) is 48.5 Å². The average molecular weight is 332 g/mol. The van der Waals surface area contributed by atoms with E-state index in [9.17, 15) is 9.59 Å². The van der Waals surface area contributed by atoms with Gasteiger partial charge in [-0.1, -0.05) is 41.9 Å². The molecule has 0 fully saturated rings. The Morgan fingerprint density at radius 3 is 2.43 bits per heavy atom. The number of anilines is 2. The van der Waals surface area contributed by atoms with Crippen LogP contribution in [0.4, 0.5) is 16.2 Å². The molecule has 0 saturated heterocycles. The lowest BCUT2D eigenvalue weighted by Gasteiger charge is -2.10. The van der Waals surface area contributed by atoms with Crippen molar-refractivity contribution in [1.29, 1.82) is 0 Å². The second-order valence-corrected chi connectivity index (χ2v) is 5.40.